The van der Waals surface area contributed by atoms with Crippen LogP contribution in [0, 0.1) is 5.92 Å². The quantitative estimate of drug-likeness (QED) is 0.632. The zero-order valence-electron chi connectivity index (χ0n) is 9.97. The van der Waals surface area contributed by atoms with Crippen LogP contribution in [-0.2, 0) is 0 Å². The third-order valence-corrected chi connectivity index (χ3v) is 3.74. The van der Waals surface area contributed by atoms with Crippen molar-refractivity contribution in [3.8, 4) is 5.75 Å². The first-order chi connectivity index (χ1) is 8.93. The molecule has 0 amide bonds. The van der Waals surface area contributed by atoms with Gasteiger partial charge in [0.1, 0.15) is 5.75 Å². The fourth-order valence-electron chi connectivity index (χ4n) is 2.86. The third kappa shape index (κ3) is 1.32. The lowest BCUT2D eigenvalue weighted by Gasteiger charge is -2.31. The van der Waals surface area contributed by atoms with E-state index in [1.807, 2.05) is 18.4 Å². The second-order valence-corrected chi connectivity index (χ2v) is 4.75. The molecule has 18 heavy (non-hydrogen) atoms. The Bertz CT molecular complexity index is 634. The molecule has 0 saturated heterocycles. The molecule has 2 heterocycles. The van der Waals surface area contributed by atoms with Crippen LogP contribution in [0.4, 0.5) is 0 Å². The molecule has 2 heteroatoms. The molecule has 1 aliphatic carbocycles. The van der Waals surface area contributed by atoms with Gasteiger partial charge in [-0.15, -0.1) is 0 Å². The summed E-state index contributed by atoms with van der Waals surface area (Å²) < 4.78 is 5.75. The van der Waals surface area contributed by atoms with E-state index in [9.17, 15) is 0 Å². The Kier molecular flexibility index (Phi) is 2.04. The molecule has 0 saturated carbocycles. The van der Waals surface area contributed by atoms with Gasteiger partial charge in [0.05, 0.1) is 12.8 Å². The van der Waals surface area contributed by atoms with E-state index in [0.29, 0.717) is 5.92 Å². The first-order valence-electron chi connectivity index (χ1n) is 6.30. The summed E-state index contributed by atoms with van der Waals surface area (Å²) in [6, 6.07) is 8.22. The number of fused-ring (bicyclic) bond motifs is 5. The van der Waals surface area contributed by atoms with E-state index in [1.54, 1.807) is 0 Å². The summed E-state index contributed by atoms with van der Waals surface area (Å²) in [6.07, 6.45) is 9.51. The van der Waals surface area contributed by atoms with Crippen molar-refractivity contribution in [3.63, 3.8) is 0 Å². The number of rotatable bonds is 0. The van der Waals surface area contributed by atoms with Crippen LogP contribution >= 0.6 is 0 Å². The normalized spacial score (nSPS) is 23.8. The molecule has 0 spiro atoms. The maximum Gasteiger partial charge on any atom is 0.134 e. The largest absolute Gasteiger partial charge is 0.464 e. The average Bonchev–Trinajstić information content (AvgIpc) is 2.46. The van der Waals surface area contributed by atoms with Crippen molar-refractivity contribution in [1.82, 2.24) is 0 Å². The molecule has 0 radical (unpaired) electrons. The predicted octanol–water partition coefficient (Wildman–Crippen LogP) is 3.38. The molecule has 1 aromatic rings. The summed E-state index contributed by atoms with van der Waals surface area (Å²) in [6.45, 7) is 0.819. The van der Waals surface area contributed by atoms with E-state index in [4.69, 9.17) is 4.74 Å². The van der Waals surface area contributed by atoms with E-state index in [1.165, 1.54) is 22.4 Å². The Morgan fingerprint density at radius 2 is 2.17 bits per heavy atom. The summed E-state index contributed by atoms with van der Waals surface area (Å²) in [5, 5.41) is 0. The van der Waals surface area contributed by atoms with Crippen molar-refractivity contribution in [3.05, 3.63) is 59.9 Å². The molecular formula is C16H13NO. The summed E-state index contributed by atoms with van der Waals surface area (Å²) in [7, 11) is 0. The zero-order chi connectivity index (χ0) is 11.9. The molecular weight excluding hydrogens is 222 g/mol. The van der Waals surface area contributed by atoms with Crippen LogP contribution in [0.25, 0.3) is 5.57 Å². The number of para-hydroxylation sites is 1. The molecule has 3 aliphatic rings. The highest BCUT2D eigenvalue weighted by Crippen LogP contribution is 2.42. The molecule has 0 N–H and O–H groups in total. The van der Waals surface area contributed by atoms with Crippen LogP contribution in [0.5, 0.6) is 5.75 Å². The lowest BCUT2D eigenvalue weighted by molar-refractivity contribution is 0.466. The molecule has 88 valence electrons. The zero-order valence-corrected chi connectivity index (χ0v) is 9.97. The predicted molar refractivity (Wildman–Crippen MR) is 72.7 cm³/mol. The van der Waals surface area contributed by atoms with Gasteiger partial charge in [-0.1, -0.05) is 36.4 Å². The van der Waals surface area contributed by atoms with Gasteiger partial charge in [-0.05, 0) is 11.6 Å². The first kappa shape index (κ1) is 9.89. The van der Waals surface area contributed by atoms with E-state index in [2.05, 4.69) is 35.4 Å². The van der Waals surface area contributed by atoms with Crippen molar-refractivity contribution >= 4 is 11.3 Å². The van der Waals surface area contributed by atoms with Gasteiger partial charge in [0.25, 0.3) is 0 Å². The van der Waals surface area contributed by atoms with Crippen molar-refractivity contribution in [1.29, 1.82) is 0 Å². The van der Waals surface area contributed by atoms with Crippen molar-refractivity contribution in [2.75, 3.05) is 6.54 Å². The molecule has 0 fully saturated rings. The second-order valence-electron chi connectivity index (χ2n) is 4.75. The van der Waals surface area contributed by atoms with E-state index in [0.717, 1.165) is 18.7 Å². The molecule has 2 nitrogen and oxygen atoms in total. The van der Waals surface area contributed by atoms with E-state index in [-0.39, 0.29) is 0 Å². The molecule has 4 rings (SSSR count). The van der Waals surface area contributed by atoms with Crippen LogP contribution in [0.3, 0.4) is 0 Å². The van der Waals surface area contributed by atoms with Crippen LogP contribution in [0.2, 0.25) is 0 Å². The minimum Gasteiger partial charge on any atom is -0.464 e. The average molecular weight is 235 g/mol. The van der Waals surface area contributed by atoms with E-state index >= 15 is 0 Å². The maximum absolute atomic E-state index is 5.75. The Morgan fingerprint density at radius 3 is 3.17 bits per heavy atom. The fourth-order valence-corrected chi connectivity index (χ4v) is 2.86. The van der Waals surface area contributed by atoms with Crippen molar-refractivity contribution in [2.45, 2.75) is 6.42 Å². The lowest BCUT2D eigenvalue weighted by Crippen LogP contribution is -2.24. The third-order valence-electron chi connectivity index (χ3n) is 3.74. The van der Waals surface area contributed by atoms with Crippen molar-refractivity contribution < 1.29 is 4.74 Å². The Morgan fingerprint density at radius 1 is 1.22 bits per heavy atom. The number of hydrogen-bond donors (Lipinski definition) is 0. The minimum atomic E-state index is 0.312. The lowest BCUT2D eigenvalue weighted by atomic mass is 9.78. The highest BCUT2D eigenvalue weighted by molar-refractivity contribution is 6.03. The summed E-state index contributed by atoms with van der Waals surface area (Å²) in [4.78, 5) is 4.59. The second kappa shape index (κ2) is 3.70. The van der Waals surface area contributed by atoms with Gasteiger partial charge in [0.2, 0.25) is 0 Å². The topological polar surface area (TPSA) is 21.6 Å². The smallest absolute Gasteiger partial charge is 0.134 e. The van der Waals surface area contributed by atoms with Crippen LogP contribution < -0.4 is 4.74 Å². The van der Waals surface area contributed by atoms with Gasteiger partial charge >= 0.3 is 0 Å². The number of dihydropyridines is 1. The summed E-state index contributed by atoms with van der Waals surface area (Å²) in [5.74, 6) is 1.26. The molecule has 0 aromatic heterocycles. The van der Waals surface area contributed by atoms with Gasteiger partial charge in [-0.2, -0.15) is 0 Å². The fraction of sp³-hybridized carbons (Fsp3) is 0.188. The number of ether oxygens (including phenoxy) is 1. The number of benzene rings is 1. The van der Waals surface area contributed by atoms with E-state index < -0.39 is 0 Å². The van der Waals surface area contributed by atoms with Gasteiger partial charge in [0, 0.05) is 29.2 Å². The Balaban J connectivity index is 1.88. The summed E-state index contributed by atoms with van der Waals surface area (Å²) >= 11 is 0. The van der Waals surface area contributed by atoms with Crippen LogP contribution in [0.15, 0.2) is 59.3 Å². The Labute approximate surface area is 106 Å². The standard InChI is InChI=1S/C16H13NO/c1-2-6-16-13(4-1)11-7-8-15-12(5-3-9-17-15)14(11)10-18-16/h1-7,10,12H,8-9H2. The van der Waals surface area contributed by atoms with Crippen LogP contribution in [-0.4, -0.2) is 12.3 Å². The maximum atomic E-state index is 5.75. The number of aliphatic imine (C=N–C) groups is 1. The molecule has 2 aliphatic heterocycles. The minimum absolute atomic E-state index is 0.312. The van der Waals surface area contributed by atoms with Crippen molar-refractivity contribution in [2.24, 2.45) is 10.9 Å². The molecule has 1 aromatic carbocycles. The van der Waals surface area contributed by atoms with Gasteiger partial charge in [-0.3, -0.25) is 4.99 Å². The first-order valence-corrected chi connectivity index (χ1v) is 6.30. The van der Waals surface area contributed by atoms with Gasteiger partial charge in [0.15, 0.2) is 0 Å². The molecule has 0 bridgehead atoms. The summed E-state index contributed by atoms with van der Waals surface area (Å²) in [5.41, 5.74) is 5.02. The highest BCUT2D eigenvalue weighted by atomic mass is 16.5. The molecule has 1 atom stereocenters. The van der Waals surface area contributed by atoms with Gasteiger partial charge < -0.3 is 4.74 Å². The Hall–Kier alpha value is -2.09. The monoisotopic (exact) mass is 235 g/mol. The van der Waals surface area contributed by atoms with Crippen LogP contribution in [0.1, 0.15) is 12.0 Å². The number of hydrogen-bond acceptors (Lipinski definition) is 2. The molecule has 1 unspecified atom stereocenters. The number of allylic oxidation sites excluding steroid dienone is 4. The van der Waals surface area contributed by atoms with Gasteiger partial charge in [-0.25, -0.2) is 0 Å². The SMILES string of the molecule is C1=CC2C3=COc4ccccc4C3=CCC2=NC1. The number of nitrogens with zero attached hydrogens (tertiary/aromatic N) is 1. The highest BCUT2D eigenvalue weighted by Gasteiger charge is 2.30.